The first kappa shape index (κ1) is 11.5. The van der Waals surface area contributed by atoms with Gasteiger partial charge in [0.2, 0.25) is 5.89 Å². The fourth-order valence-corrected chi connectivity index (χ4v) is 2.05. The summed E-state index contributed by atoms with van der Waals surface area (Å²) < 4.78 is 5.32. The SMILES string of the molecule is CN1CCC(c2nc(CCCN)no2)CC1. The maximum Gasteiger partial charge on any atom is 0.229 e. The van der Waals surface area contributed by atoms with Crippen molar-refractivity contribution in [3.05, 3.63) is 11.7 Å². The summed E-state index contributed by atoms with van der Waals surface area (Å²) in [4.78, 5) is 6.78. The van der Waals surface area contributed by atoms with Crippen LogP contribution in [0.2, 0.25) is 0 Å². The molecule has 0 unspecified atom stereocenters. The number of rotatable bonds is 4. The zero-order valence-electron chi connectivity index (χ0n) is 9.85. The van der Waals surface area contributed by atoms with Crippen LogP contribution in [0.25, 0.3) is 0 Å². The summed E-state index contributed by atoms with van der Waals surface area (Å²) in [5.41, 5.74) is 5.45. The van der Waals surface area contributed by atoms with Gasteiger partial charge in [0.15, 0.2) is 5.82 Å². The largest absolute Gasteiger partial charge is 0.339 e. The van der Waals surface area contributed by atoms with E-state index in [0.29, 0.717) is 12.5 Å². The number of nitrogens with zero attached hydrogens (tertiary/aromatic N) is 3. The van der Waals surface area contributed by atoms with E-state index in [0.717, 1.165) is 50.5 Å². The molecule has 0 amide bonds. The Bertz CT molecular complexity index is 318. The third-order valence-corrected chi connectivity index (χ3v) is 3.16. The highest BCUT2D eigenvalue weighted by atomic mass is 16.5. The second-order valence-corrected chi connectivity index (χ2v) is 4.52. The van der Waals surface area contributed by atoms with Crippen molar-refractivity contribution in [1.29, 1.82) is 0 Å². The number of likely N-dealkylation sites (tertiary alicyclic amines) is 1. The Morgan fingerprint density at radius 1 is 1.44 bits per heavy atom. The molecule has 1 aromatic rings. The molecule has 0 bridgehead atoms. The van der Waals surface area contributed by atoms with Crippen molar-refractivity contribution >= 4 is 0 Å². The Morgan fingerprint density at radius 3 is 2.88 bits per heavy atom. The molecule has 0 aliphatic carbocycles. The highest BCUT2D eigenvalue weighted by Crippen LogP contribution is 2.25. The van der Waals surface area contributed by atoms with E-state index >= 15 is 0 Å². The minimum atomic E-state index is 0.454. The van der Waals surface area contributed by atoms with E-state index < -0.39 is 0 Å². The smallest absolute Gasteiger partial charge is 0.229 e. The van der Waals surface area contributed by atoms with Gasteiger partial charge in [-0.1, -0.05) is 5.16 Å². The van der Waals surface area contributed by atoms with Gasteiger partial charge in [0.25, 0.3) is 0 Å². The number of aryl methyl sites for hydroxylation is 1. The minimum Gasteiger partial charge on any atom is -0.339 e. The molecular formula is C11H20N4O. The summed E-state index contributed by atoms with van der Waals surface area (Å²) in [5, 5.41) is 3.99. The molecular weight excluding hydrogens is 204 g/mol. The topological polar surface area (TPSA) is 68.2 Å². The molecule has 16 heavy (non-hydrogen) atoms. The summed E-state index contributed by atoms with van der Waals surface area (Å²) in [6.07, 6.45) is 3.99. The highest BCUT2D eigenvalue weighted by molar-refractivity contribution is 4.96. The third-order valence-electron chi connectivity index (χ3n) is 3.16. The van der Waals surface area contributed by atoms with Crippen LogP contribution in [0.15, 0.2) is 4.52 Å². The van der Waals surface area contributed by atoms with Crippen LogP contribution in [0, 0.1) is 0 Å². The molecule has 1 fully saturated rings. The van der Waals surface area contributed by atoms with Crippen LogP contribution < -0.4 is 5.73 Å². The highest BCUT2D eigenvalue weighted by Gasteiger charge is 2.23. The number of aromatic nitrogens is 2. The number of hydrogen-bond acceptors (Lipinski definition) is 5. The number of nitrogens with two attached hydrogens (primary N) is 1. The second-order valence-electron chi connectivity index (χ2n) is 4.52. The van der Waals surface area contributed by atoms with Gasteiger partial charge in [0.05, 0.1) is 0 Å². The Labute approximate surface area is 96.0 Å². The van der Waals surface area contributed by atoms with Crippen molar-refractivity contribution in [1.82, 2.24) is 15.0 Å². The van der Waals surface area contributed by atoms with Crippen LogP contribution in [-0.4, -0.2) is 41.7 Å². The predicted molar refractivity (Wildman–Crippen MR) is 61.1 cm³/mol. The Kier molecular flexibility index (Phi) is 3.90. The Hall–Kier alpha value is -0.940. The zero-order chi connectivity index (χ0) is 11.4. The third kappa shape index (κ3) is 2.80. The molecule has 0 radical (unpaired) electrons. The minimum absolute atomic E-state index is 0.454. The van der Waals surface area contributed by atoms with Gasteiger partial charge in [-0.2, -0.15) is 4.98 Å². The van der Waals surface area contributed by atoms with E-state index in [2.05, 4.69) is 22.1 Å². The first-order valence-corrected chi connectivity index (χ1v) is 6.00. The predicted octanol–water partition coefficient (Wildman–Crippen LogP) is 0.770. The van der Waals surface area contributed by atoms with E-state index in [1.165, 1.54) is 0 Å². The maximum atomic E-state index is 5.45. The van der Waals surface area contributed by atoms with Gasteiger partial charge in [-0.3, -0.25) is 0 Å². The van der Waals surface area contributed by atoms with E-state index in [1.807, 2.05) is 0 Å². The molecule has 1 aromatic heterocycles. The summed E-state index contributed by atoms with van der Waals surface area (Å²) in [6, 6.07) is 0. The van der Waals surface area contributed by atoms with Crippen LogP contribution in [0.5, 0.6) is 0 Å². The van der Waals surface area contributed by atoms with Crippen LogP contribution in [0.1, 0.15) is 36.9 Å². The quantitative estimate of drug-likeness (QED) is 0.818. The summed E-state index contributed by atoms with van der Waals surface area (Å²) in [5.74, 6) is 2.08. The first-order chi connectivity index (χ1) is 7.79. The molecule has 0 atom stereocenters. The van der Waals surface area contributed by atoms with Crippen molar-refractivity contribution < 1.29 is 4.52 Å². The molecule has 2 rings (SSSR count). The lowest BCUT2D eigenvalue weighted by atomic mass is 9.97. The zero-order valence-corrected chi connectivity index (χ0v) is 9.85. The average molecular weight is 224 g/mol. The van der Waals surface area contributed by atoms with Gasteiger partial charge < -0.3 is 15.2 Å². The maximum absolute atomic E-state index is 5.45. The van der Waals surface area contributed by atoms with Gasteiger partial charge in [0, 0.05) is 12.3 Å². The molecule has 0 saturated carbocycles. The second kappa shape index (κ2) is 5.41. The van der Waals surface area contributed by atoms with E-state index in [1.54, 1.807) is 0 Å². The molecule has 1 aliphatic heterocycles. The van der Waals surface area contributed by atoms with Gasteiger partial charge in [-0.25, -0.2) is 0 Å². The summed E-state index contributed by atoms with van der Waals surface area (Å²) in [7, 11) is 2.15. The van der Waals surface area contributed by atoms with Crippen molar-refractivity contribution in [2.75, 3.05) is 26.7 Å². The summed E-state index contributed by atoms with van der Waals surface area (Å²) >= 11 is 0. The number of hydrogen-bond donors (Lipinski definition) is 1. The summed E-state index contributed by atoms with van der Waals surface area (Å²) in [6.45, 7) is 2.91. The first-order valence-electron chi connectivity index (χ1n) is 6.00. The van der Waals surface area contributed by atoms with Crippen molar-refractivity contribution in [3.8, 4) is 0 Å². The molecule has 5 nitrogen and oxygen atoms in total. The molecule has 90 valence electrons. The van der Waals surface area contributed by atoms with Crippen LogP contribution in [0.4, 0.5) is 0 Å². The molecule has 2 N–H and O–H groups in total. The molecule has 5 heteroatoms. The fraction of sp³-hybridized carbons (Fsp3) is 0.818. The lowest BCUT2D eigenvalue weighted by molar-refractivity contribution is 0.227. The number of piperidine rings is 1. The normalized spacial score (nSPS) is 19.1. The van der Waals surface area contributed by atoms with Gasteiger partial charge in [0.1, 0.15) is 0 Å². The fourth-order valence-electron chi connectivity index (χ4n) is 2.05. The molecule has 1 aliphatic rings. The molecule has 0 spiro atoms. The van der Waals surface area contributed by atoms with Crippen molar-refractivity contribution in [3.63, 3.8) is 0 Å². The van der Waals surface area contributed by atoms with Crippen LogP contribution >= 0.6 is 0 Å². The van der Waals surface area contributed by atoms with E-state index in [-0.39, 0.29) is 0 Å². The van der Waals surface area contributed by atoms with Crippen molar-refractivity contribution in [2.24, 2.45) is 5.73 Å². The van der Waals surface area contributed by atoms with E-state index in [9.17, 15) is 0 Å². The molecule has 0 aromatic carbocycles. The Morgan fingerprint density at radius 2 is 2.19 bits per heavy atom. The van der Waals surface area contributed by atoms with Crippen LogP contribution in [0.3, 0.4) is 0 Å². The van der Waals surface area contributed by atoms with Gasteiger partial charge in [-0.15, -0.1) is 0 Å². The van der Waals surface area contributed by atoms with E-state index in [4.69, 9.17) is 10.3 Å². The van der Waals surface area contributed by atoms with Crippen LogP contribution in [-0.2, 0) is 6.42 Å². The standard InChI is InChI=1S/C11H20N4O/c1-15-7-4-9(5-8-15)11-13-10(14-16-11)3-2-6-12/h9H,2-8,12H2,1H3. The monoisotopic (exact) mass is 224 g/mol. The average Bonchev–Trinajstić information content (AvgIpc) is 2.76. The molecule has 1 saturated heterocycles. The Balaban J connectivity index is 1.91. The lowest BCUT2D eigenvalue weighted by Gasteiger charge is -2.26. The lowest BCUT2D eigenvalue weighted by Crippen LogP contribution is -2.29. The van der Waals surface area contributed by atoms with Gasteiger partial charge >= 0.3 is 0 Å². The van der Waals surface area contributed by atoms with Gasteiger partial charge in [-0.05, 0) is 45.9 Å². The molecule has 2 heterocycles. The van der Waals surface area contributed by atoms with Crippen molar-refractivity contribution in [2.45, 2.75) is 31.6 Å².